The second-order valence-electron chi connectivity index (χ2n) is 4.40. The molecule has 0 saturated carbocycles. The van der Waals surface area contributed by atoms with Gasteiger partial charge in [-0.05, 0) is 18.9 Å². The molecule has 4 nitrogen and oxygen atoms in total. The molecule has 6 heteroatoms. The molecule has 0 bridgehead atoms. The Morgan fingerprint density at radius 1 is 1.65 bits per heavy atom. The summed E-state index contributed by atoms with van der Waals surface area (Å²) in [5, 5.41) is 6.79. The largest absolute Gasteiger partial charge is 0.316 e. The maximum absolute atomic E-state index is 11.8. The third kappa shape index (κ3) is 3.66. The number of nitrogens with zero attached hydrogens (tertiary/aromatic N) is 1. The first-order valence-electron chi connectivity index (χ1n) is 5.64. The summed E-state index contributed by atoms with van der Waals surface area (Å²) >= 11 is 1.56. The fraction of sp³-hybridized carbons (Fsp3) is 0.636. The molecule has 1 saturated heterocycles. The molecule has 1 amide bonds. The lowest BCUT2D eigenvalue weighted by molar-refractivity contribution is -0.119. The van der Waals surface area contributed by atoms with Crippen molar-refractivity contribution in [3.05, 3.63) is 11.1 Å². The van der Waals surface area contributed by atoms with Gasteiger partial charge in [0, 0.05) is 17.6 Å². The topological polar surface area (TPSA) is 54.0 Å². The Balaban J connectivity index is 0.00000144. The number of hydrogen-bond acceptors (Lipinski definition) is 4. The first kappa shape index (κ1) is 14.4. The van der Waals surface area contributed by atoms with Crippen LogP contribution in [0, 0.1) is 5.92 Å². The van der Waals surface area contributed by atoms with Gasteiger partial charge in [-0.25, -0.2) is 4.98 Å². The lowest BCUT2D eigenvalue weighted by Crippen LogP contribution is -2.24. The van der Waals surface area contributed by atoms with Gasteiger partial charge in [0.1, 0.15) is 0 Å². The average Bonchev–Trinajstić information content (AvgIpc) is 2.87. The molecule has 1 aromatic rings. The Hall–Kier alpha value is -0.650. The van der Waals surface area contributed by atoms with Gasteiger partial charge in [-0.15, -0.1) is 23.7 Å². The zero-order chi connectivity index (χ0) is 11.5. The van der Waals surface area contributed by atoms with Crippen LogP contribution in [0.4, 0.5) is 5.13 Å². The van der Waals surface area contributed by atoms with Crippen LogP contribution in [0.5, 0.6) is 0 Å². The summed E-state index contributed by atoms with van der Waals surface area (Å²) in [5.41, 5.74) is 0. The van der Waals surface area contributed by atoms with E-state index in [2.05, 4.69) is 29.5 Å². The zero-order valence-electron chi connectivity index (χ0n) is 10.0. The van der Waals surface area contributed by atoms with Crippen LogP contribution in [0.25, 0.3) is 0 Å². The lowest BCUT2D eigenvalue weighted by Gasteiger charge is -2.06. The second-order valence-corrected chi connectivity index (χ2v) is 5.46. The number of carbonyl (C=O) groups excluding carboxylic acids is 1. The van der Waals surface area contributed by atoms with E-state index in [9.17, 15) is 4.79 Å². The van der Waals surface area contributed by atoms with Crippen molar-refractivity contribution >= 4 is 34.8 Å². The van der Waals surface area contributed by atoms with Crippen molar-refractivity contribution in [2.75, 3.05) is 18.4 Å². The molecule has 2 N–H and O–H groups in total. The molecule has 1 aliphatic heterocycles. The number of nitrogens with one attached hydrogen (secondary N) is 2. The highest BCUT2D eigenvalue weighted by Gasteiger charge is 2.23. The van der Waals surface area contributed by atoms with Gasteiger partial charge in [0.15, 0.2) is 5.13 Å². The minimum atomic E-state index is 0. The van der Waals surface area contributed by atoms with Crippen molar-refractivity contribution in [3.63, 3.8) is 0 Å². The summed E-state index contributed by atoms with van der Waals surface area (Å²) < 4.78 is 0. The van der Waals surface area contributed by atoms with Crippen molar-refractivity contribution in [2.45, 2.75) is 26.2 Å². The molecule has 0 spiro atoms. The molecule has 2 rings (SSSR count). The number of aromatic nitrogens is 1. The number of hydrogen-bond donors (Lipinski definition) is 2. The molecular weight excluding hydrogens is 258 g/mol. The first-order valence-corrected chi connectivity index (χ1v) is 6.46. The summed E-state index contributed by atoms with van der Waals surface area (Å²) in [4.78, 5) is 17.2. The van der Waals surface area contributed by atoms with Crippen LogP contribution in [0.1, 0.15) is 31.1 Å². The van der Waals surface area contributed by atoms with Gasteiger partial charge >= 0.3 is 0 Å². The molecule has 1 atom stereocenters. The highest BCUT2D eigenvalue weighted by atomic mass is 35.5. The minimum absolute atomic E-state index is 0. The van der Waals surface area contributed by atoms with Crippen molar-refractivity contribution in [1.29, 1.82) is 0 Å². The molecule has 96 valence electrons. The Morgan fingerprint density at radius 3 is 2.94 bits per heavy atom. The molecule has 1 unspecified atom stereocenters. The van der Waals surface area contributed by atoms with E-state index in [1.807, 2.05) is 6.20 Å². The predicted octanol–water partition coefficient (Wildman–Crippen LogP) is 2.24. The summed E-state index contributed by atoms with van der Waals surface area (Å²) in [7, 11) is 0. The molecule has 0 aromatic carbocycles. The second kappa shape index (κ2) is 6.33. The van der Waals surface area contributed by atoms with Crippen LogP contribution in [-0.2, 0) is 4.79 Å². The van der Waals surface area contributed by atoms with E-state index in [1.165, 1.54) is 4.88 Å². The van der Waals surface area contributed by atoms with E-state index in [0.717, 1.165) is 24.6 Å². The summed E-state index contributed by atoms with van der Waals surface area (Å²) in [6.07, 6.45) is 2.77. The molecule has 2 heterocycles. The Bertz CT molecular complexity index is 375. The van der Waals surface area contributed by atoms with E-state index in [4.69, 9.17) is 0 Å². The predicted molar refractivity (Wildman–Crippen MR) is 73.1 cm³/mol. The SMILES string of the molecule is CC(C)c1cnc(NC(=O)C2CCNC2)s1.Cl. The number of rotatable bonds is 3. The molecule has 1 aromatic heterocycles. The number of carbonyl (C=O) groups is 1. The fourth-order valence-corrected chi connectivity index (χ4v) is 2.52. The lowest BCUT2D eigenvalue weighted by atomic mass is 10.1. The van der Waals surface area contributed by atoms with E-state index in [1.54, 1.807) is 11.3 Å². The van der Waals surface area contributed by atoms with Gasteiger partial charge in [-0.2, -0.15) is 0 Å². The summed E-state index contributed by atoms with van der Waals surface area (Å²) in [6, 6.07) is 0. The van der Waals surface area contributed by atoms with Crippen LogP contribution < -0.4 is 10.6 Å². The highest BCUT2D eigenvalue weighted by molar-refractivity contribution is 7.15. The maximum atomic E-state index is 11.8. The molecule has 17 heavy (non-hydrogen) atoms. The van der Waals surface area contributed by atoms with Gasteiger partial charge in [0.25, 0.3) is 0 Å². The van der Waals surface area contributed by atoms with E-state index in [0.29, 0.717) is 5.92 Å². The van der Waals surface area contributed by atoms with Crippen molar-refractivity contribution in [1.82, 2.24) is 10.3 Å². The zero-order valence-corrected chi connectivity index (χ0v) is 11.7. The van der Waals surface area contributed by atoms with Crippen LogP contribution in [-0.4, -0.2) is 24.0 Å². The third-order valence-electron chi connectivity index (χ3n) is 2.75. The van der Waals surface area contributed by atoms with Gasteiger partial charge in [-0.1, -0.05) is 13.8 Å². The normalized spacial score (nSPS) is 19.1. The smallest absolute Gasteiger partial charge is 0.230 e. The van der Waals surface area contributed by atoms with Crippen molar-refractivity contribution in [3.8, 4) is 0 Å². The van der Waals surface area contributed by atoms with E-state index < -0.39 is 0 Å². The number of amides is 1. The highest BCUT2D eigenvalue weighted by Crippen LogP contribution is 2.25. The van der Waals surface area contributed by atoms with Gasteiger partial charge in [-0.3, -0.25) is 4.79 Å². The molecule has 0 aliphatic carbocycles. The minimum Gasteiger partial charge on any atom is -0.316 e. The van der Waals surface area contributed by atoms with Gasteiger partial charge in [0.2, 0.25) is 5.91 Å². The van der Waals surface area contributed by atoms with E-state index >= 15 is 0 Å². The van der Waals surface area contributed by atoms with Crippen LogP contribution in [0.3, 0.4) is 0 Å². The van der Waals surface area contributed by atoms with Gasteiger partial charge < -0.3 is 10.6 Å². The molecule has 1 fully saturated rings. The fourth-order valence-electron chi connectivity index (χ4n) is 1.70. The first-order chi connectivity index (χ1) is 7.66. The van der Waals surface area contributed by atoms with Crippen LogP contribution in [0.15, 0.2) is 6.20 Å². The quantitative estimate of drug-likeness (QED) is 0.890. The Labute approximate surface area is 112 Å². The Kier molecular flexibility index (Phi) is 5.36. The van der Waals surface area contributed by atoms with Crippen molar-refractivity contribution < 1.29 is 4.79 Å². The number of halogens is 1. The standard InChI is InChI=1S/C11H17N3OS.ClH/c1-7(2)9-6-13-11(16-9)14-10(15)8-3-4-12-5-8;/h6-8,12H,3-5H2,1-2H3,(H,13,14,15);1H. The van der Waals surface area contributed by atoms with E-state index in [-0.39, 0.29) is 24.2 Å². The Morgan fingerprint density at radius 2 is 2.41 bits per heavy atom. The third-order valence-corrected chi connectivity index (χ3v) is 3.97. The molecule has 0 radical (unpaired) electrons. The number of thiazole rings is 1. The average molecular weight is 276 g/mol. The molecular formula is C11H18ClN3OS. The van der Waals surface area contributed by atoms with Crippen molar-refractivity contribution in [2.24, 2.45) is 5.92 Å². The monoisotopic (exact) mass is 275 g/mol. The number of anilines is 1. The maximum Gasteiger partial charge on any atom is 0.230 e. The van der Waals surface area contributed by atoms with Crippen LogP contribution >= 0.6 is 23.7 Å². The van der Waals surface area contributed by atoms with Crippen LogP contribution in [0.2, 0.25) is 0 Å². The summed E-state index contributed by atoms with van der Waals surface area (Å²) in [6.45, 7) is 5.97. The van der Waals surface area contributed by atoms with Gasteiger partial charge in [0.05, 0.1) is 5.92 Å². The molecule has 1 aliphatic rings. The summed E-state index contributed by atoms with van der Waals surface area (Å²) in [5.74, 6) is 0.664.